The van der Waals surface area contributed by atoms with Crippen LogP contribution in [0.1, 0.15) is 16.9 Å². The Bertz CT molecular complexity index is 363. The zero-order valence-corrected chi connectivity index (χ0v) is 8.63. The van der Waals surface area contributed by atoms with Gasteiger partial charge in [0.05, 0.1) is 6.20 Å². The standard InChI is InChI=1S/C9H14N4O2/c1-12-5-8(10-11-12)9(15)13-3-2-7(4-13)6-14/h5,7,14H,2-4,6H2,1H3/t7-/m1/s1. The third kappa shape index (κ3) is 1.99. The van der Waals surface area contributed by atoms with Gasteiger partial charge in [0.25, 0.3) is 5.91 Å². The van der Waals surface area contributed by atoms with Crippen molar-refractivity contribution >= 4 is 5.91 Å². The summed E-state index contributed by atoms with van der Waals surface area (Å²) >= 11 is 0. The van der Waals surface area contributed by atoms with E-state index < -0.39 is 0 Å². The summed E-state index contributed by atoms with van der Waals surface area (Å²) in [5, 5.41) is 16.5. The Kier molecular flexibility index (Phi) is 2.68. The van der Waals surface area contributed by atoms with Crippen molar-refractivity contribution in [3.63, 3.8) is 0 Å². The van der Waals surface area contributed by atoms with E-state index in [-0.39, 0.29) is 18.4 Å². The van der Waals surface area contributed by atoms with Gasteiger partial charge >= 0.3 is 0 Å². The smallest absolute Gasteiger partial charge is 0.276 e. The van der Waals surface area contributed by atoms with Gasteiger partial charge in [-0.3, -0.25) is 9.48 Å². The van der Waals surface area contributed by atoms with Gasteiger partial charge in [0, 0.05) is 32.7 Å². The number of aliphatic hydroxyl groups is 1. The molecule has 0 bridgehead atoms. The van der Waals surface area contributed by atoms with Crippen LogP contribution >= 0.6 is 0 Å². The van der Waals surface area contributed by atoms with Crippen LogP contribution in [-0.4, -0.2) is 50.6 Å². The Morgan fingerprint density at radius 3 is 3.07 bits per heavy atom. The zero-order valence-electron chi connectivity index (χ0n) is 8.63. The summed E-state index contributed by atoms with van der Waals surface area (Å²) in [7, 11) is 1.73. The van der Waals surface area contributed by atoms with E-state index in [0.29, 0.717) is 18.8 Å². The normalized spacial score (nSPS) is 20.9. The summed E-state index contributed by atoms with van der Waals surface area (Å²) < 4.78 is 1.51. The summed E-state index contributed by atoms with van der Waals surface area (Å²) in [6.45, 7) is 1.46. The lowest BCUT2D eigenvalue weighted by atomic mass is 10.1. The van der Waals surface area contributed by atoms with Crippen LogP contribution in [0.5, 0.6) is 0 Å². The topological polar surface area (TPSA) is 71.2 Å². The van der Waals surface area contributed by atoms with Crippen LogP contribution in [0.15, 0.2) is 6.20 Å². The van der Waals surface area contributed by atoms with E-state index in [9.17, 15) is 4.79 Å². The van der Waals surface area contributed by atoms with E-state index in [1.54, 1.807) is 18.1 Å². The summed E-state index contributed by atoms with van der Waals surface area (Å²) in [6.07, 6.45) is 2.47. The van der Waals surface area contributed by atoms with Crippen molar-refractivity contribution < 1.29 is 9.90 Å². The molecule has 0 radical (unpaired) electrons. The maximum atomic E-state index is 11.9. The highest BCUT2D eigenvalue weighted by atomic mass is 16.3. The van der Waals surface area contributed by atoms with Crippen LogP contribution in [0.2, 0.25) is 0 Å². The van der Waals surface area contributed by atoms with Gasteiger partial charge in [-0.2, -0.15) is 0 Å². The molecule has 0 unspecified atom stereocenters. The van der Waals surface area contributed by atoms with Crippen LogP contribution < -0.4 is 0 Å². The lowest BCUT2D eigenvalue weighted by molar-refractivity contribution is 0.0776. The quantitative estimate of drug-likeness (QED) is 0.698. The molecule has 1 aliphatic heterocycles. The molecule has 1 atom stereocenters. The highest BCUT2D eigenvalue weighted by Crippen LogP contribution is 2.17. The van der Waals surface area contributed by atoms with Gasteiger partial charge in [-0.25, -0.2) is 0 Å². The second-order valence-electron chi connectivity index (χ2n) is 3.87. The van der Waals surface area contributed by atoms with Crippen molar-refractivity contribution in [3.05, 3.63) is 11.9 Å². The van der Waals surface area contributed by atoms with E-state index in [2.05, 4.69) is 10.3 Å². The Morgan fingerprint density at radius 1 is 1.73 bits per heavy atom. The van der Waals surface area contributed by atoms with Crippen molar-refractivity contribution in [2.45, 2.75) is 6.42 Å². The molecule has 1 saturated heterocycles. The van der Waals surface area contributed by atoms with Gasteiger partial charge in [0.15, 0.2) is 5.69 Å². The average Bonchev–Trinajstić information content (AvgIpc) is 2.84. The number of rotatable bonds is 2. The molecule has 6 nitrogen and oxygen atoms in total. The second-order valence-corrected chi connectivity index (χ2v) is 3.87. The van der Waals surface area contributed by atoms with Crippen LogP contribution in [0.25, 0.3) is 0 Å². The maximum Gasteiger partial charge on any atom is 0.276 e. The van der Waals surface area contributed by atoms with E-state index in [0.717, 1.165) is 6.42 Å². The predicted octanol–water partition coefficient (Wildman–Crippen LogP) is -0.731. The lowest BCUT2D eigenvalue weighted by Gasteiger charge is -2.13. The Balaban J connectivity index is 2.03. The first-order chi connectivity index (χ1) is 7.20. The third-order valence-electron chi connectivity index (χ3n) is 2.65. The van der Waals surface area contributed by atoms with Crippen molar-refractivity contribution in [1.29, 1.82) is 0 Å². The molecular weight excluding hydrogens is 196 g/mol. The molecule has 0 aromatic carbocycles. The molecule has 0 aliphatic carbocycles. The Labute approximate surface area is 87.5 Å². The molecule has 1 amide bonds. The van der Waals surface area contributed by atoms with Crippen LogP contribution in [0, 0.1) is 5.92 Å². The van der Waals surface area contributed by atoms with E-state index in [4.69, 9.17) is 5.11 Å². The minimum absolute atomic E-state index is 0.0981. The molecule has 1 aromatic rings. The fraction of sp³-hybridized carbons (Fsp3) is 0.667. The SMILES string of the molecule is Cn1cc(C(=O)N2CC[C@@H](CO)C2)nn1. The van der Waals surface area contributed by atoms with E-state index >= 15 is 0 Å². The molecule has 15 heavy (non-hydrogen) atoms. The molecule has 1 aliphatic rings. The minimum atomic E-state index is -0.0981. The zero-order chi connectivity index (χ0) is 10.8. The summed E-state index contributed by atoms with van der Waals surface area (Å²) in [6, 6.07) is 0. The van der Waals surface area contributed by atoms with Crippen LogP contribution in [0.3, 0.4) is 0 Å². The molecule has 2 heterocycles. The predicted molar refractivity (Wildman–Crippen MR) is 52.1 cm³/mol. The molecule has 82 valence electrons. The summed E-state index contributed by atoms with van der Waals surface area (Å²) in [5.74, 6) is 0.115. The van der Waals surface area contributed by atoms with Gasteiger partial charge in [-0.1, -0.05) is 5.21 Å². The lowest BCUT2D eigenvalue weighted by Crippen LogP contribution is -2.29. The van der Waals surface area contributed by atoms with E-state index in [1.165, 1.54) is 4.68 Å². The Hall–Kier alpha value is -1.43. The summed E-state index contributed by atoms with van der Waals surface area (Å²) in [5.41, 5.74) is 0.371. The van der Waals surface area contributed by atoms with Crippen molar-refractivity contribution in [1.82, 2.24) is 19.9 Å². The number of amides is 1. The largest absolute Gasteiger partial charge is 0.396 e. The number of carbonyl (C=O) groups is 1. The molecule has 1 fully saturated rings. The minimum Gasteiger partial charge on any atom is -0.396 e. The molecule has 1 aromatic heterocycles. The highest BCUT2D eigenvalue weighted by molar-refractivity contribution is 5.92. The molecule has 6 heteroatoms. The number of carbonyl (C=O) groups excluding carboxylic acids is 1. The first-order valence-corrected chi connectivity index (χ1v) is 4.97. The number of aliphatic hydroxyl groups excluding tert-OH is 1. The summed E-state index contributed by atoms with van der Waals surface area (Å²) in [4.78, 5) is 13.6. The number of hydrogen-bond acceptors (Lipinski definition) is 4. The maximum absolute atomic E-state index is 11.9. The van der Waals surface area contributed by atoms with Gasteiger partial charge < -0.3 is 10.0 Å². The average molecular weight is 210 g/mol. The van der Waals surface area contributed by atoms with Crippen LogP contribution in [0.4, 0.5) is 0 Å². The first kappa shape index (κ1) is 10.1. The fourth-order valence-corrected chi connectivity index (χ4v) is 1.77. The molecular formula is C9H14N4O2. The third-order valence-corrected chi connectivity index (χ3v) is 2.65. The first-order valence-electron chi connectivity index (χ1n) is 4.97. The van der Waals surface area contributed by atoms with Gasteiger partial charge in [-0.05, 0) is 6.42 Å². The van der Waals surface area contributed by atoms with Crippen molar-refractivity contribution in [2.75, 3.05) is 19.7 Å². The van der Waals surface area contributed by atoms with E-state index in [1.807, 2.05) is 0 Å². The number of aryl methyl sites for hydroxylation is 1. The fourth-order valence-electron chi connectivity index (χ4n) is 1.77. The van der Waals surface area contributed by atoms with Crippen LogP contribution in [-0.2, 0) is 7.05 Å². The number of likely N-dealkylation sites (tertiary alicyclic amines) is 1. The highest BCUT2D eigenvalue weighted by Gasteiger charge is 2.27. The molecule has 1 N–H and O–H groups in total. The van der Waals surface area contributed by atoms with Crippen molar-refractivity contribution in [2.24, 2.45) is 13.0 Å². The molecule has 2 rings (SSSR count). The second kappa shape index (κ2) is 3.98. The monoisotopic (exact) mass is 210 g/mol. The molecule has 0 saturated carbocycles. The molecule has 0 spiro atoms. The van der Waals surface area contributed by atoms with Crippen molar-refractivity contribution in [3.8, 4) is 0 Å². The van der Waals surface area contributed by atoms with Gasteiger partial charge in [0.2, 0.25) is 0 Å². The Morgan fingerprint density at radius 2 is 2.53 bits per heavy atom. The number of nitrogens with zero attached hydrogens (tertiary/aromatic N) is 4. The van der Waals surface area contributed by atoms with Gasteiger partial charge in [0.1, 0.15) is 0 Å². The van der Waals surface area contributed by atoms with Gasteiger partial charge in [-0.15, -0.1) is 5.10 Å². The number of hydrogen-bond donors (Lipinski definition) is 1. The number of aromatic nitrogens is 3.